The molecule has 92 valence electrons. The number of phenolic OH excluding ortho intramolecular Hbond substituents is 1. The Hall–Kier alpha value is -0.980. The predicted octanol–water partition coefficient (Wildman–Crippen LogP) is 3.61. The van der Waals surface area contributed by atoms with E-state index in [0.29, 0.717) is 5.75 Å². The summed E-state index contributed by atoms with van der Waals surface area (Å²) in [5.74, 6) is 3.02. The van der Waals surface area contributed by atoms with E-state index in [0.717, 1.165) is 22.9 Å². The van der Waals surface area contributed by atoms with Gasteiger partial charge in [0.1, 0.15) is 5.75 Å². The molecule has 2 atom stereocenters. The van der Waals surface area contributed by atoms with Gasteiger partial charge in [-0.25, -0.2) is 0 Å². The van der Waals surface area contributed by atoms with Crippen molar-refractivity contribution in [1.29, 1.82) is 0 Å². The maximum Gasteiger partial charge on any atom is 0.120 e. The van der Waals surface area contributed by atoms with Gasteiger partial charge in [-0.1, -0.05) is 35.7 Å². The van der Waals surface area contributed by atoms with Crippen LogP contribution in [0.5, 0.6) is 5.75 Å². The molecule has 1 aromatic carbocycles. The largest absolute Gasteiger partial charge is 0.508 e. The molecule has 2 nitrogen and oxygen atoms in total. The standard InChI is InChI=1S/C14H18BrNO/c1-4-11(5-2)16-13(6-3)12-9-10(15)7-8-14(12)17/h1,7-9,11,13,16-17H,5-6H2,2-3H3. The van der Waals surface area contributed by atoms with Crippen LogP contribution in [0, 0.1) is 12.3 Å². The van der Waals surface area contributed by atoms with Gasteiger partial charge in [0.05, 0.1) is 6.04 Å². The first-order valence-electron chi connectivity index (χ1n) is 5.82. The van der Waals surface area contributed by atoms with E-state index < -0.39 is 0 Å². The number of benzene rings is 1. The van der Waals surface area contributed by atoms with Crippen molar-refractivity contribution in [3.05, 3.63) is 28.2 Å². The third kappa shape index (κ3) is 3.76. The summed E-state index contributed by atoms with van der Waals surface area (Å²) < 4.78 is 0.958. The summed E-state index contributed by atoms with van der Waals surface area (Å²) in [7, 11) is 0. The monoisotopic (exact) mass is 295 g/mol. The molecule has 17 heavy (non-hydrogen) atoms. The minimum atomic E-state index is 0.0401. The predicted molar refractivity (Wildman–Crippen MR) is 74.9 cm³/mol. The Morgan fingerprint density at radius 2 is 2.12 bits per heavy atom. The maximum absolute atomic E-state index is 9.88. The first-order valence-corrected chi connectivity index (χ1v) is 6.62. The molecular formula is C14H18BrNO. The first kappa shape index (κ1) is 14.1. The van der Waals surface area contributed by atoms with Gasteiger partial charge in [-0.15, -0.1) is 6.42 Å². The summed E-state index contributed by atoms with van der Waals surface area (Å²) in [5.41, 5.74) is 0.885. The van der Waals surface area contributed by atoms with E-state index in [1.807, 2.05) is 19.1 Å². The Bertz CT molecular complexity index is 411. The van der Waals surface area contributed by atoms with Crippen LogP contribution < -0.4 is 5.32 Å². The highest BCUT2D eigenvalue weighted by molar-refractivity contribution is 9.10. The van der Waals surface area contributed by atoms with Gasteiger partial charge in [0.15, 0.2) is 0 Å². The fourth-order valence-corrected chi connectivity index (χ4v) is 2.14. The molecule has 0 heterocycles. The number of aromatic hydroxyl groups is 1. The number of rotatable bonds is 5. The average Bonchev–Trinajstić information content (AvgIpc) is 2.34. The molecule has 0 radical (unpaired) electrons. The topological polar surface area (TPSA) is 32.3 Å². The van der Waals surface area contributed by atoms with E-state index in [9.17, 15) is 5.11 Å². The average molecular weight is 296 g/mol. The maximum atomic E-state index is 9.88. The molecule has 0 aliphatic rings. The van der Waals surface area contributed by atoms with E-state index in [2.05, 4.69) is 34.1 Å². The van der Waals surface area contributed by atoms with Crippen LogP contribution in [0.3, 0.4) is 0 Å². The Labute approximate surface area is 112 Å². The molecule has 1 aromatic rings. The molecule has 2 unspecified atom stereocenters. The Kier molecular flexibility index (Phi) is 5.54. The van der Waals surface area contributed by atoms with Gasteiger partial charge in [-0.3, -0.25) is 5.32 Å². The quantitative estimate of drug-likeness (QED) is 0.814. The van der Waals surface area contributed by atoms with Gasteiger partial charge in [0, 0.05) is 16.1 Å². The number of hydrogen-bond acceptors (Lipinski definition) is 2. The molecule has 0 bridgehead atoms. The molecule has 0 aliphatic carbocycles. The smallest absolute Gasteiger partial charge is 0.120 e. The summed E-state index contributed by atoms with van der Waals surface area (Å²) >= 11 is 3.41. The van der Waals surface area contributed by atoms with Gasteiger partial charge in [0.2, 0.25) is 0 Å². The van der Waals surface area contributed by atoms with E-state index in [1.165, 1.54) is 0 Å². The van der Waals surface area contributed by atoms with Gasteiger partial charge in [0.25, 0.3) is 0 Å². The van der Waals surface area contributed by atoms with Crippen LogP contribution in [-0.4, -0.2) is 11.1 Å². The summed E-state index contributed by atoms with van der Waals surface area (Å²) in [6.07, 6.45) is 7.20. The highest BCUT2D eigenvalue weighted by Gasteiger charge is 2.16. The lowest BCUT2D eigenvalue weighted by Gasteiger charge is -2.22. The van der Waals surface area contributed by atoms with E-state index in [-0.39, 0.29) is 12.1 Å². The second-order valence-corrected chi connectivity index (χ2v) is 4.87. The summed E-state index contributed by atoms with van der Waals surface area (Å²) in [6, 6.07) is 5.57. The van der Waals surface area contributed by atoms with Crippen molar-refractivity contribution < 1.29 is 5.11 Å². The lowest BCUT2D eigenvalue weighted by molar-refractivity contribution is 0.427. The fraction of sp³-hybridized carbons (Fsp3) is 0.429. The molecule has 0 aliphatic heterocycles. The molecule has 0 amide bonds. The van der Waals surface area contributed by atoms with Crippen molar-refractivity contribution >= 4 is 15.9 Å². The second kappa shape index (κ2) is 6.68. The van der Waals surface area contributed by atoms with Crippen LogP contribution in [0.15, 0.2) is 22.7 Å². The molecule has 2 N–H and O–H groups in total. The van der Waals surface area contributed by atoms with E-state index in [4.69, 9.17) is 6.42 Å². The van der Waals surface area contributed by atoms with Gasteiger partial charge >= 0.3 is 0 Å². The van der Waals surface area contributed by atoms with Gasteiger partial charge in [-0.05, 0) is 31.0 Å². The van der Waals surface area contributed by atoms with Gasteiger partial charge in [-0.2, -0.15) is 0 Å². The zero-order valence-electron chi connectivity index (χ0n) is 10.2. The molecular weight excluding hydrogens is 278 g/mol. The lowest BCUT2D eigenvalue weighted by atomic mass is 10.0. The Morgan fingerprint density at radius 1 is 1.41 bits per heavy atom. The third-order valence-corrected chi connectivity index (χ3v) is 3.28. The van der Waals surface area contributed by atoms with Crippen molar-refractivity contribution in [2.45, 2.75) is 38.8 Å². The van der Waals surface area contributed by atoms with Crippen molar-refractivity contribution in [3.63, 3.8) is 0 Å². The van der Waals surface area contributed by atoms with Crippen molar-refractivity contribution in [2.24, 2.45) is 0 Å². The Balaban J connectivity index is 2.93. The van der Waals surface area contributed by atoms with Crippen LogP contribution in [0.2, 0.25) is 0 Å². The number of halogens is 1. The number of hydrogen-bond donors (Lipinski definition) is 2. The third-order valence-electron chi connectivity index (χ3n) is 2.79. The lowest BCUT2D eigenvalue weighted by Crippen LogP contribution is -2.31. The summed E-state index contributed by atoms with van der Waals surface area (Å²) in [5, 5.41) is 13.3. The van der Waals surface area contributed by atoms with Crippen molar-refractivity contribution in [3.8, 4) is 18.1 Å². The van der Waals surface area contributed by atoms with Crippen LogP contribution in [0.4, 0.5) is 0 Å². The SMILES string of the molecule is C#CC(CC)NC(CC)c1cc(Br)ccc1O. The minimum absolute atomic E-state index is 0.0401. The Morgan fingerprint density at radius 3 is 2.65 bits per heavy atom. The number of nitrogens with one attached hydrogen (secondary N) is 1. The number of phenols is 1. The molecule has 0 saturated carbocycles. The summed E-state index contributed by atoms with van der Waals surface area (Å²) in [6.45, 7) is 4.12. The molecule has 0 spiro atoms. The molecule has 3 heteroatoms. The molecule has 0 fully saturated rings. The van der Waals surface area contributed by atoms with Crippen LogP contribution in [0.25, 0.3) is 0 Å². The highest BCUT2D eigenvalue weighted by Crippen LogP contribution is 2.29. The molecule has 0 aromatic heterocycles. The minimum Gasteiger partial charge on any atom is -0.508 e. The van der Waals surface area contributed by atoms with Crippen LogP contribution in [0.1, 0.15) is 38.3 Å². The highest BCUT2D eigenvalue weighted by atomic mass is 79.9. The molecule has 1 rings (SSSR count). The van der Waals surface area contributed by atoms with E-state index in [1.54, 1.807) is 6.07 Å². The summed E-state index contributed by atoms with van der Waals surface area (Å²) in [4.78, 5) is 0. The fourth-order valence-electron chi connectivity index (χ4n) is 1.76. The first-order chi connectivity index (χ1) is 8.12. The van der Waals surface area contributed by atoms with Crippen molar-refractivity contribution in [2.75, 3.05) is 0 Å². The second-order valence-electron chi connectivity index (χ2n) is 3.96. The number of terminal acetylenes is 1. The zero-order chi connectivity index (χ0) is 12.8. The van der Waals surface area contributed by atoms with Crippen LogP contribution >= 0.6 is 15.9 Å². The van der Waals surface area contributed by atoms with Crippen LogP contribution in [-0.2, 0) is 0 Å². The molecule has 0 saturated heterocycles. The zero-order valence-corrected chi connectivity index (χ0v) is 11.8. The van der Waals surface area contributed by atoms with E-state index >= 15 is 0 Å². The van der Waals surface area contributed by atoms with Gasteiger partial charge < -0.3 is 5.11 Å². The normalized spacial score (nSPS) is 14.0. The van der Waals surface area contributed by atoms with Crippen molar-refractivity contribution in [1.82, 2.24) is 5.32 Å².